The van der Waals surface area contributed by atoms with Gasteiger partial charge in [-0.15, -0.1) is 0 Å². The van der Waals surface area contributed by atoms with Crippen LogP contribution >= 0.6 is 11.6 Å². The number of urea groups is 1. The van der Waals surface area contributed by atoms with E-state index in [-0.39, 0.29) is 10.7 Å². The lowest BCUT2D eigenvalue weighted by Crippen LogP contribution is -2.40. The summed E-state index contributed by atoms with van der Waals surface area (Å²) in [4.78, 5) is 22.0. The number of aliphatic carboxylic acids is 1. The molecular weight excluding hydrogens is 258 g/mol. The molecule has 1 atom stereocenters. The standard InChI is InChI=1S/C11H10ClN3O3/c1-6(10(16)17)14-11(18)15-9-4-7(5-13)2-3-8(9)12/h2-4,6H,1H3,(H,16,17)(H2,14,15,18)/t6-/m0/s1. The van der Waals surface area contributed by atoms with Crippen molar-refractivity contribution in [2.45, 2.75) is 13.0 Å². The molecule has 0 aromatic heterocycles. The van der Waals surface area contributed by atoms with Gasteiger partial charge in [0.1, 0.15) is 6.04 Å². The van der Waals surface area contributed by atoms with E-state index in [4.69, 9.17) is 22.0 Å². The van der Waals surface area contributed by atoms with Crippen molar-refractivity contribution in [1.82, 2.24) is 5.32 Å². The Morgan fingerprint density at radius 1 is 1.50 bits per heavy atom. The number of benzene rings is 1. The first-order valence-corrected chi connectivity index (χ1v) is 5.32. The van der Waals surface area contributed by atoms with Crippen LogP contribution in [0.3, 0.4) is 0 Å². The molecule has 1 aromatic carbocycles. The molecule has 0 spiro atoms. The van der Waals surface area contributed by atoms with Crippen LogP contribution in [0.5, 0.6) is 0 Å². The summed E-state index contributed by atoms with van der Waals surface area (Å²) in [6.07, 6.45) is 0. The Bertz CT molecular complexity index is 525. The number of anilines is 1. The van der Waals surface area contributed by atoms with Crippen LogP contribution in [0.2, 0.25) is 5.02 Å². The quantitative estimate of drug-likeness (QED) is 0.777. The fraction of sp³-hybridized carbons (Fsp3) is 0.182. The molecule has 0 aliphatic heterocycles. The van der Waals surface area contributed by atoms with Crippen LogP contribution in [0.25, 0.3) is 0 Å². The lowest BCUT2D eigenvalue weighted by Gasteiger charge is -2.11. The average Bonchev–Trinajstić information content (AvgIpc) is 2.31. The molecule has 7 heteroatoms. The molecule has 1 rings (SSSR count). The maximum Gasteiger partial charge on any atom is 0.325 e. The molecule has 3 N–H and O–H groups in total. The number of carboxylic acid groups (broad SMARTS) is 1. The summed E-state index contributed by atoms with van der Waals surface area (Å²) in [5, 5.41) is 22.2. The van der Waals surface area contributed by atoms with Crippen molar-refractivity contribution in [3.63, 3.8) is 0 Å². The molecule has 0 unspecified atom stereocenters. The monoisotopic (exact) mass is 267 g/mol. The summed E-state index contributed by atoms with van der Waals surface area (Å²) in [5.41, 5.74) is 0.576. The SMILES string of the molecule is C[C@H](NC(=O)Nc1cc(C#N)ccc1Cl)C(=O)O. The highest BCUT2D eigenvalue weighted by atomic mass is 35.5. The predicted octanol–water partition coefficient (Wildman–Crippen LogP) is 1.81. The Morgan fingerprint density at radius 3 is 2.72 bits per heavy atom. The number of nitrogens with one attached hydrogen (secondary N) is 2. The summed E-state index contributed by atoms with van der Waals surface area (Å²) in [6.45, 7) is 1.33. The number of carbonyl (C=O) groups is 2. The molecule has 0 radical (unpaired) electrons. The highest BCUT2D eigenvalue weighted by Crippen LogP contribution is 2.22. The van der Waals surface area contributed by atoms with Gasteiger partial charge in [-0.3, -0.25) is 4.79 Å². The lowest BCUT2D eigenvalue weighted by atomic mass is 10.2. The minimum Gasteiger partial charge on any atom is -0.480 e. The van der Waals surface area contributed by atoms with Gasteiger partial charge in [0.2, 0.25) is 0 Å². The van der Waals surface area contributed by atoms with Gasteiger partial charge in [-0.25, -0.2) is 4.79 Å². The molecule has 0 bridgehead atoms. The zero-order valence-corrected chi connectivity index (χ0v) is 10.2. The topological polar surface area (TPSA) is 102 Å². The number of nitriles is 1. The third-order valence-corrected chi connectivity index (χ3v) is 2.39. The zero-order valence-electron chi connectivity index (χ0n) is 9.40. The highest BCUT2D eigenvalue weighted by molar-refractivity contribution is 6.33. The molecule has 1 aromatic rings. The first kappa shape index (κ1) is 13.8. The van der Waals surface area contributed by atoms with Crippen molar-refractivity contribution in [3.8, 4) is 6.07 Å². The minimum atomic E-state index is -1.15. The Morgan fingerprint density at radius 2 is 2.17 bits per heavy atom. The Balaban J connectivity index is 2.76. The van der Waals surface area contributed by atoms with E-state index in [0.29, 0.717) is 5.56 Å². The van der Waals surface area contributed by atoms with E-state index in [9.17, 15) is 9.59 Å². The molecule has 0 saturated carbocycles. The van der Waals surface area contributed by atoms with Gasteiger partial charge >= 0.3 is 12.0 Å². The van der Waals surface area contributed by atoms with E-state index in [0.717, 1.165) is 0 Å². The molecule has 18 heavy (non-hydrogen) atoms. The second-order valence-electron chi connectivity index (χ2n) is 3.46. The highest BCUT2D eigenvalue weighted by Gasteiger charge is 2.14. The number of halogens is 1. The molecule has 6 nitrogen and oxygen atoms in total. The van der Waals surface area contributed by atoms with Crippen molar-refractivity contribution in [2.75, 3.05) is 5.32 Å². The van der Waals surface area contributed by atoms with Crippen molar-refractivity contribution in [3.05, 3.63) is 28.8 Å². The van der Waals surface area contributed by atoms with Gasteiger partial charge < -0.3 is 15.7 Å². The van der Waals surface area contributed by atoms with Crippen LogP contribution in [-0.4, -0.2) is 23.1 Å². The van der Waals surface area contributed by atoms with E-state index in [1.807, 2.05) is 6.07 Å². The Kier molecular flexibility index (Phi) is 4.52. The van der Waals surface area contributed by atoms with Crippen LogP contribution in [0.4, 0.5) is 10.5 Å². The number of nitrogens with zero attached hydrogens (tertiary/aromatic N) is 1. The van der Waals surface area contributed by atoms with Gasteiger partial charge in [0.05, 0.1) is 22.3 Å². The Hall–Kier alpha value is -2.26. The van der Waals surface area contributed by atoms with E-state index < -0.39 is 18.0 Å². The molecule has 2 amide bonds. The fourth-order valence-corrected chi connectivity index (χ4v) is 1.27. The summed E-state index contributed by atoms with van der Waals surface area (Å²) in [5.74, 6) is -1.15. The minimum absolute atomic E-state index is 0.241. The molecule has 0 saturated heterocycles. The first-order chi connectivity index (χ1) is 8.43. The van der Waals surface area contributed by atoms with Crippen molar-refractivity contribution in [2.24, 2.45) is 0 Å². The van der Waals surface area contributed by atoms with Crippen LogP contribution in [0.1, 0.15) is 12.5 Å². The maximum absolute atomic E-state index is 11.5. The number of carbonyl (C=O) groups excluding carboxylic acids is 1. The molecule has 0 heterocycles. The summed E-state index contributed by atoms with van der Waals surface area (Å²) >= 11 is 5.83. The third kappa shape index (κ3) is 3.64. The number of hydrogen-bond donors (Lipinski definition) is 3. The van der Waals surface area contributed by atoms with Gasteiger partial charge in [-0.05, 0) is 25.1 Å². The fourth-order valence-electron chi connectivity index (χ4n) is 1.11. The Labute approximate surface area is 108 Å². The smallest absolute Gasteiger partial charge is 0.325 e. The van der Waals surface area contributed by atoms with Gasteiger partial charge in [0, 0.05) is 0 Å². The van der Waals surface area contributed by atoms with Crippen LogP contribution in [0.15, 0.2) is 18.2 Å². The van der Waals surface area contributed by atoms with E-state index in [1.165, 1.54) is 25.1 Å². The molecule has 0 fully saturated rings. The first-order valence-electron chi connectivity index (χ1n) is 4.94. The van der Waals surface area contributed by atoms with E-state index >= 15 is 0 Å². The number of carboxylic acids is 1. The maximum atomic E-state index is 11.5. The van der Waals surface area contributed by atoms with E-state index in [1.54, 1.807) is 0 Å². The van der Waals surface area contributed by atoms with Gasteiger partial charge in [0.15, 0.2) is 0 Å². The molecule has 0 aliphatic carbocycles. The van der Waals surface area contributed by atoms with Crippen LogP contribution in [-0.2, 0) is 4.79 Å². The summed E-state index contributed by atoms with van der Waals surface area (Å²) in [6, 6.07) is 4.54. The van der Waals surface area contributed by atoms with Gasteiger partial charge in [0.25, 0.3) is 0 Å². The average molecular weight is 268 g/mol. The number of amides is 2. The second kappa shape index (κ2) is 5.89. The summed E-state index contributed by atoms with van der Waals surface area (Å²) < 4.78 is 0. The third-order valence-electron chi connectivity index (χ3n) is 2.06. The zero-order chi connectivity index (χ0) is 13.7. The van der Waals surface area contributed by atoms with E-state index in [2.05, 4.69) is 10.6 Å². The van der Waals surface area contributed by atoms with Crippen molar-refractivity contribution in [1.29, 1.82) is 5.26 Å². The number of rotatable bonds is 3. The number of hydrogen-bond acceptors (Lipinski definition) is 3. The molecular formula is C11H10ClN3O3. The second-order valence-corrected chi connectivity index (χ2v) is 3.87. The predicted molar refractivity (Wildman–Crippen MR) is 65.4 cm³/mol. The van der Waals surface area contributed by atoms with Crippen molar-refractivity contribution < 1.29 is 14.7 Å². The normalized spacial score (nSPS) is 11.2. The molecule has 94 valence electrons. The van der Waals surface area contributed by atoms with Crippen molar-refractivity contribution >= 4 is 29.3 Å². The van der Waals surface area contributed by atoms with Gasteiger partial charge in [-0.2, -0.15) is 5.26 Å². The lowest BCUT2D eigenvalue weighted by molar-refractivity contribution is -0.138. The van der Waals surface area contributed by atoms with Crippen LogP contribution < -0.4 is 10.6 Å². The summed E-state index contributed by atoms with van der Waals surface area (Å²) in [7, 11) is 0. The largest absolute Gasteiger partial charge is 0.480 e. The van der Waals surface area contributed by atoms with Crippen LogP contribution in [0, 0.1) is 11.3 Å². The van der Waals surface area contributed by atoms with Gasteiger partial charge in [-0.1, -0.05) is 11.6 Å². The molecule has 0 aliphatic rings.